The van der Waals surface area contributed by atoms with Crippen molar-refractivity contribution in [3.8, 4) is 5.75 Å². The highest BCUT2D eigenvalue weighted by molar-refractivity contribution is 5.53. The van der Waals surface area contributed by atoms with Gasteiger partial charge in [0, 0.05) is 0 Å². The van der Waals surface area contributed by atoms with Gasteiger partial charge in [-0.3, -0.25) is 4.79 Å². The molecule has 0 atom stereocenters. The number of aryl methyl sites for hydroxylation is 2. The van der Waals surface area contributed by atoms with Crippen molar-refractivity contribution in [1.82, 2.24) is 0 Å². The van der Waals surface area contributed by atoms with Crippen molar-refractivity contribution in [1.29, 1.82) is 0 Å². The monoisotopic (exact) mass is 163 g/mol. The first-order valence-electron chi connectivity index (χ1n) is 3.79. The Morgan fingerprint density at radius 2 is 1.92 bits per heavy atom. The van der Waals surface area contributed by atoms with Gasteiger partial charge in [-0.15, -0.1) is 0 Å². The zero-order chi connectivity index (χ0) is 8.97. The van der Waals surface area contributed by atoms with E-state index in [2.05, 4.69) is 0 Å². The summed E-state index contributed by atoms with van der Waals surface area (Å²) in [4.78, 5) is 9.95. The second kappa shape index (κ2) is 3.90. The van der Waals surface area contributed by atoms with E-state index in [1.165, 1.54) is 0 Å². The lowest BCUT2D eigenvalue weighted by Crippen LogP contribution is -2.00. The number of hydrogen-bond donors (Lipinski definition) is 0. The van der Waals surface area contributed by atoms with E-state index in [1.807, 2.05) is 32.0 Å². The Bertz CT molecular complexity index is 259. The summed E-state index contributed by atoms with van der Waals surface area (Å²) >= 11 is 0. The Morgan fingerprint density at radius 3 is 2.42 bits per heavy atom. The molecule has 0 N–H and O–H groups in total. The minimum Gasteiger partial charge on any atom is -0.485 e. The van der Waals surface area contributed by atoms with Gasteiger partial charge >= 0.3 is 0 Å². The molecule has 1 aromatic carbocycles. The Kier molecular flexibility index (Phi) is 2.86. The van der Waals surface area contributed by atoms with Crippen molar-refractivity contribution in [2.75, 3.05) is 6.61 Å². The lowest BCUT2D eigenvalue weighted by molar-refractivity contribution is 0.360. The van der Waals surface area contributed by atoms with Gasteiger partial charge in [-0.1, -0.05) is 18.2 Å². The van der Waals surface area contributed by atoms with Gasteiger partial charge in [-0.05, 0) is 25.0 Å². The quantitative estimate of drug-likeness (QED) is 0.679. The van der Waals surface area contributed by atoms with Crippen molar-refractivity contribution in [2.45, 2.75) is 13.8 Å². The maximum absolute atomic E-state index is 9.95. The average molecular weight is 163 g/mol. The van der Waals surface area contributed by atoms with E-state index in [9.17, 15) is 4.79 Å². The zero-order valence-electron chi connectivity index (χ0n) is 7.26. The Labute approximate surface area is 72.2 Å². The fourth-order valence-electron chi connectivity index (χ4n) is 1.13. The molecule has 0 amide bonds. The number of benzene rings is 1. The van der Waals surface area contributed by atoms with Crippen LogP contribution >= 0.6 is 0 Å². The van der Waals surface area contributed by atoms with Crippen molar-refractivity contribution in [3.63, 3.8) is 0 Å². The Balaban J connectivity index is 2.88. The number of rotatable bonds is 3. The number of para-hydroxylation sites is 1. The van der Waals surface area contributed by atoms with Gasteiger partial charge in [0.25, 0.3) is 0 Å². The third kappa shape index (κ3) is 1.84. The summed E-state index contributed by atoms with van der Waals surface area (Å²) in [6.45, 7) is 3.91. The standard InChI is InChI=1S/C10H11O2/c1-8-4-3-5-9(2)10(8)12-7-6-11/h3-5H,7H2,1-2H3. The SMILES string of the molecule is Cc1cccc(C)c1OC[C]=O. The van der Waals surface area contributed by atoms with Gasteiger partial charge in [0.15, 0.2) is 6.61 Å². The lowest BCUT2D eigenvalue weighted by Gasteiger charge is -2.08. The maximum atomic E-state index is 9.95. The highest BCUT2D eigenvalue weighted by Gasteiger charge is 2.01. The summed E-state index contributed by atoms with van der Waals surface area (Å²) in [6.07, 6.45) is 1.70. The smallest absolute Gasteiger partial charge is 0.239 e. The van der Waals surface area contributed by atoms with Crippen LogP contribution in [0.5, 0.6) is 5.75 Å². The molecule has 0 saturated carbocycles. The third-order valence-electron chi connectivity index (χ3n) is 1.68. The molecule has 0 heterocycles. The van der Waals surface area contributed by atoms with Crippen LogP contribution in [0.2, 0.25) is 0 Å². The molecule has 0 saturated heterocycles. The van der Waals surface area contributed by atoms with Gasteiger partial charge in [-0.2, -0.15) is 0 Å². The normalized spacial score (nSPS) is 9.50. The topological polar surface area (TPSA) is 26.3 Å². The van der Waals surface area contributed by atoms with Crippen LogP contribution < -0.4 is 4.74 Å². The molecule has 12 heavy (non-hydrogen) atoms. The van der Waals surface area contributed by atoms with Crippen molar-refractivity contribution < 1.29 is 9.53 Å². The van der Waals surface area contributed by atoms with E-state index >= 15 is 0 Å². The minimum absolute atomic E-state index is 0.00565. The summed E-state index contributed by atoms with van der Waals surface area (Å²) in [7, 11) is 0. The predicted octanol–water partition coefficient (Wildman–Crippen LogP) is 1.79. The number of hydrogen-bond acceptors (Lipinski definition) is 2. The number of ether oxygens (including phenoxy) is 1. The Morgan fingerprint density at radius 1 is 1.33 bits per heavy atom. The van der Waals surface area contributed by atoms with Crippen LogP contribution in [0.1, 0.15) is 11.1 Å². The van der Waals surface area contributed by atoms with E-state index in [4.69, 9.17) is 4.74 Å². The second-order valence-electron chi connectivity index (χ2n) is 2.65. The first-order chi connectivity index (χ1) is 5.75. The Hall–Kier alpha value is -1.31. The average Bonchev–Trinajstić information content (AvgIpc) is 2.04. The zero-order valence-corrected chi connectivity index (χ0v) is 7.26. The fourth-order valence-corrected chi connectivity index (χ4v) is 1.13. The molecule has 0 aliphatic rings. The molecular formula is C10H11O2. The highest BCUT2D eigenvalue weighted by Crippen LogP contribution is 2.21. The molecule has 0 unspecified atom stereocenters. The summed E-state index contributed by atoms with van der Waals surface area (Å²) in [6, 6.07) is 5.86. The van der Waals surface area contributed by atoms with Crippen molar-refractivity contribution >= 4 is 6.29 Å². The summed E-state index contributed by atoms with van der Waals surface area (Å²) < 4.78 is 5.19. The van der Waals surface area contributed by atoms with E-state index in [-0.39, 0.29) is 6.61 Å². The van der Waals surface area contributed by atoms with E-state index in [0.29, 0.717) is 0 Å². The molecule has 0 aromatic heterocycles. The predicted molar refractivity (Wildman–Crippen MR) is 47.1 cm³/mol. The molecule has 0 fully saturated rings. The molecule has 1 aromatic rings. The molecule has 0 bridgehead atoms. The fraction of sp³-hybridized carbons (Fsp3) is 0.300. The van der Waals surface area contributed by atoms with Crippen LogP contribution in [0.4, 0.5) is 0 Å². The lowest BCUT2D eigenvalue weighted by atomic mass is 10.1. The second-order valence-corrected chi connectivity index (χ2v) is 2.65. The molecular weight excluding hydrogens is 152 g/mol. The first kappa shape index (κ1) is 8.78. The van der Waals surface area contributed by atoms with E-state index in [1.54, 1.807) is 6.29 Å². The molecule has 0 aliphatic carbocycles. The van der Waals surface area contributed by atoms with Gasteiger partial charge in [0.2, 0.25) is 6.29 Å². The van der Waals surface area contributed by atoms with E-state index in [0.717, 1.165) is 16.9 Å². The summed E-state index contributed by atoms with van der Waals surface area (Å²) in [5.41, 5.74) is 2.09. The first-order valence-corrected chi connectivity index (χ1v) is 3.79. The van der Waals surface area contributed by atoms with Crippen molar-refractivity contribution in [2.24, 2.45) is 0 Å². The van der Waals surface area contributed by atoms with Crippen LogP contribution in [0.25, 0.3) is 0 Å². The maximum Gasteiger partial charge on any atom is 0.239 e. The van der Waals surface area contributed by atoms with Crippen molar-refractivity contribution in [3.05, 3.63) is 29.3 Å². The molecule has 2 nitrogen and oxygen atoms in total. The van der Waals surface area contributed by atoms with Crippen LogP contribution in [0.15, 0.2) is 18.2 Å². The third-order valence-corrected chi connectivity index (χ3v) is 1.68. The van der Waals surface area contributed by atoms with Crippen LogP contribution in [0, 0.1) is 13.8 Å². The van der Waals surface area contributed by atoms with Gasteiger partial charge in [0.05, 0.1) is 0 Å². The van der Waals surface area contributed by atoms with Crippen LogP contribution in [-0.2, 0) is 4.79 Å². The molecule has 1 rings (SSSR count). The van der Waals surface area contributed by atoms with Crippen LogP contribution in [-0.4, -0.2) is 12.9 Å². The molecule has 0 spiro atoms. The van der Waals surface area contributed by atoms with Gasteiger partial charge in [-0.25, -0.2) is 0 Å². The molecule has 0 aliphatic heterocycles. The van der Waals surface area contributed by atoms with Crippen LogP contribution in [0.3, 0.4) is 0 Å². The number of carbonyl (C=O) groups excluding carboxylic acids is 1. The summed E-state index contributed by atoms with van der Waals surface area (Å²) in [5.74, 6) is 0.792. The van der Waals surface area contributed by atoms with Gasteiger partial charge in [0.1, 0.15) is 5.75 Å². The molecule has 1 radical (unpaired) electrons. The molecule has 63 valence electrons. The highest BCUT2D eigenvalue weighted by atomic mass is 16.5. The largest absolute Gasteiger partial charge is 0.485 e. The van der Waals surface area contributed by atoms with Gasteiger partial charge < -0.3 is 4.74 Å². The van der Waals surface area contributed by atoms with E-state index < -0.39 is 0 Å². The molecule has 2 heteroatoms. The minimum atomic E-state index is 0.00565. The summed E-state index contributed by atoms with van der Waals surface area (Å²) in [5, 5.41) is 0.